The summed E-state index contributed by atoms with van der Waals surface area (Å²) in [4.78, 5) is 12.1. The van der Waals surface area contributed by atoms with Crippen molar-refractivity contribution in [1.29, 1.82) is 0 Å². The van der Waals surface area contributed by atoms with Gasteiger partial charge in [0.15, 0.2) is 5.96 Å². The SMILES string of the molecule is CCNC(=NCc1csc(CCc2ccccc2)n1)N1CCC2(CCOC2)C1.I. The number of rotatable bonds is 6. The number of aromatic nitrogens is 1. The Morgan fingerprint density at radius 2 is 2.14 bits per heavy atom. The number of aryl methyl sites for hydroxylation is 2. The van der Waals surface area contributed by atoms with Gasteiger partial charge in [0.25, 0.3) is 0 Å². The number of halogens is 1. The van der Waals surface area contributed by atoms with E-state index < -0.39 is 0 Å². The summed E-state index contributed by atoms with van der Waals surface area (Å²) in [7, 11) is 0. The van der Waals surface area contributed by atoms with Crippen LogP contribution in [0, 0.1) is 5.41 Å². The molecule has 5 nitrogen and oxygen atoms in total. The lowest BCUT2D eigenvalue weighted by atomic mass is 9.87. The minimum atomic E-state index is 0. The topological polar surface area (TPSA) is 49.8 Å². The molecule has 1 spiro atoms. The van der Waals surface area contributed by atoms with E-state index in [1.165, 1.54) is 23.4 Å². The van der Waals surface area contributed by atoms with Gasteiger partial charge in [-0.1, -0.05) is 30.3 Å². The van der Waals surface area contributed by atoms with E-state index in [9.17, 15) is 0 Å². The molecule has 0 aliphatic carbocycles. The first-order valence-corrected chi connectivity index (χ1v) is 11.2. The van der Waals surface area contributed by atoms with Crippen LogP contribution in [0.5, 0.6) is 0 Å². The predicted octanol–water partition coefficient (Wildman–Crippen LogP) is 4.12. The molecule has 2 aliphatic rings. The van der Waals surface area contributed by atoms with Crippen LogP contribution < -0.4 is 5.32 Å². The summed E-state index contributed by atoms with van der Waals surface area (Å²) < 4.78 is 5.66. The Hall–Kier alpha value is -1.19. The first kappa shape index (κ1) is 22.5. The number of aliphatic imine (C=N–C) groups is 1. The second-order valence-corrected chi connectivity index (χ2v) is 8.81. The maximum absolute atomic E-state index is 5.66. The third kappa shape index (κ3) is 5.92. The van der Waals surface area contributed by atoms with Crippen molar-refractivity contribution in [3.63, 3.8) is 0 Å². The second-order valence-electron chi connectivity index (χ2n) is 7.86. The van der Waals surface area contributed by atoms with Crippen molar-refractivity contribution in [2.24, 2.45) is 10.4 Å². The van der Waals surface area contributed by atoms with Crippen LogP contribution in [0.2, 0.25) is 0 Å². The van der Waals surface area contributed by atoms with Crippen molar-refractivity contribution >= 4 is 41.3 Å². The van der Waals surface area contributed by atoms with Gasteiger partial charge < -0.3 is 15.0 Å². The number of thiazole rings is 1. The average molecular weight is 526 g/mol. The normalized spacial score (nSPS) is 21.6. The lowest BCUT2D eigenvalue weighted by Crippen LogP contribution is -2.41. The highest BCUT2D eigenvalue weighted by atomic mass is 127. The van der Waals surface area contributed by atoms with Crippen molar-refractivity contribution in [3.05, 3.63) is 52.0 Å². The molecule has 4 rings (SSSR count). The van der Waals surface area contributed by atoms with E-state index in [2.05, 4.69) is 52.9 Å². The molecule has 0 radical (unpaired) electrons. The van der Waals surface area contributed by atoms with Gasteiger partial charge in [-0.2, -0.15) is 0 Å². The van der Waals surface area contributed by atoms with Crippen molar-refractivity contribution < 1.29 is 4.74 Å². The zero-order valence-electron chi connectivity index (χ0n) is 17.1. The Labute approximate surface area is 195 Å². The van der Waals surface area contributed by atoms with Gasteiger partial charge in [0.1, 0.15) is 0 Å². The fraction of sp³-hybridized carbons (Fsp3) is 0.545. The van der Waals surface area contributed by atoms with E-state index in [0.29, 0.717) is 12.0 Å². The largest absolute Gasteiger partial charge is 0.381 e. The molecule has 2 fully saturated rings. The first-order chi connectivity index (χ1) is 13.8. The summed E-state index contributed by atoms with van der Waals surface area (Å²) in [5.74, 6) is 1.02. The second kappa shape index (κ2) is 10.7. The molecular weight excluding hydrogens is 495 g/mol. The van der Waals surface area contributed by atoms with Crippen LogP contribution >= 0.6 is 35.3 Å². The van der Waals surface area contributed by atoms with E-state index in [4.69, 9.17) is 14.7 Å². The van der Waals surface area contributed by atoms with Gasteiger partial charge in [0.2, 0.25) is 0 Å². The van der Waals surface area contributed by atoms with Crippen LogP contribution in [0.1, 0.15) is 36.0 Å². The van der Waals surface area contributed by atoms with Crippen LogP contribution in [0.15, 0.2) is 40.7 Å². The number of hydrogen-bond donors (Lipinski definition) is 1. The third-order valence-electron chi connectivity index (χ3n) is 5.72. The van der Waals surface area contributed by atoms with E-state index in [1.807, 2.05) is 0 Å². The number of nitrogens with zero attached hydrogens (tertiary/aromatic N) is 3. The molecule has 0 saturated carbocycles. The van der Waals surface area contributed by atoms with Crippen molar-refractivity contribution in [3.8, 4) is 0 Å². The molecule has 1 atom stereocenters. The average Bonchev–Trinajstić information content (AvgIpc) is 3.47. The lowest BCUT2D eigenvalue weighted by molar-refractivity contribution is 0.156. The standard InChI is InChI=1S/C22H30N4OS.HI/c1-2-23-21(26-12-10-22(16-26)11-13-27-17-22)24-14-19-15-28-20(25-19)9-8-18-6-4-3-5-7-18;/h3-7,15H,2,8-14,16-17H2,1H3,(H,23,24);1H. The van der Waals surface area contributed by atoms with Gasteiger partial charge in [-0.25, -0.2) is 9.98 Å². The lowest BCUT2D eigenvalue weighted by Gasteiger charge is -2.24. The maximum atomic E-state index is 5.66. The molecule has 2 aliphatic heterocycles. The van der Waals surface area contributed by atoms with E-state index >= 15 is 0 Å². The van der Waals surface area contributed by atoms with Crippen molar-refractivity contribution in [2.75, 3.05) is 32.8 Å². The van der Waals surface area contributed by atoms with Gasteiger partial charge in [0, 0.05) is 43.5 Å². The molecule has 29 heavy (non-hydrogen) atoms. The monoisotopic (exact) mass is 526 g/mol. The van der Waals surface area contributed by atoms with Crippen molar-refractivity contribution in [1.82, 2.24) is 15.2 Å². The molecular formula is C22H31IN4OS. The Morgan fingerprint density at radius 1 is 1.28 bits per heavy atom. The fourth-order valence-corrected chi connectivity index (χ4v) is 4.89. The predicted molar refractivity (Wildman–Crippen MR) is 130 cm³/mol. The number of likely N-dealkylation sites (tertiary alicyclic amines) is 1. The van der Waals surface area contributed by atoms with Crippen molar-refractivity contribution in [2.45, 2.75) is 39.2 Å². The Kier molecular flexibility index (Phi) is 8.32. The summed E-state index contributed by atoms with van der Waals surface area (Å²) in [6, 6.07) is 10.6. The highest BCUT2D eigenvalue weighted by molar-refractivity contribution is 14.0. The Balaban J connectivity index is 0.00000240. The number of nitrogens with one attached hydrogen (secondary N) is 1. The Bertz CT molecular complexity index is 789. The minimum absolute atomic E-state index is 0. The first-order valence-electron chi connectivity index (χ1n) is 10.3. The molecule has 1 aromatic heterocycles. The van der Waals surface area contributed by atoms with Gasteiger partial charge in [-0.15, -0.1) is 35.3 Å². The molecule has 2 aromatic rings. The van der Waals surface area contributed by atoms with Gasteiger partial charge in [0.05, 0.1) is 23.9 Å². The highest BCUT2D eigenvalue weighted by Gasteiger charge is 2.42. The van der Waals surface area contributed by atoms with Gasteiger partial charge in [-0.05, 0) is 31.7 Å². The smallest absolute Gasteiger partial charge is 0.194 e. The third-order valence-corrected chi connectivity index (χ3v) is 6.68. The number of benzene rings is 1. The van der Waals surface area contributed by atoms with Gasteiger partial charge >= 0.3 is 0 Å². The highest BCUT2D eigenvalue weighted by Crippen LogP contribution is 2.38. The Morgan fingerprint density at radius 3 is 2.90 bits per heavy atom. The van der Waals surface area contributed by atoms with Crippen LogP contribution in [-0.2, 0) is 24.1 Å². The zero-order valence-corrected chi connectivity index (χ0v) is 20.2. The molecule has 1 aromatic carbocycles. The van der Waals surface area contributed by atoms with Crippen LogP contribution in [0.25, 0.3) is 0 Å². The molecule has 1 unspecified atom stereocenters. The number of hydrogen-bond acceptors (Lipinski definition) is 4. The molecule has 0 bridgehead atoms. The zero-order chi connectivity index (χ0) is 19.2. The molecule has 0 amide bonds. The van der Waals surface area contributed by atoms with Crippen LogP contribution in [0.3, 0.4) is 0 Å². The summed E-state index contributed by atoms with van der Waals surface area (Å²) in [5.41, 5.74) is 2.79. The molecule has 2 saturated heterocycles. The molecule has 1 N–H and O–H groups in total. The number of ether oxygens (including phenoxy) is 1. The quantitative estimate of drug-likeness (QED) is 0.350. The summed E-state index contributed by atoms with van der Waals surface area (Å²) >= 11 is 1.75. The minimum Gasteiger partial charge on any atom is -0.381 e. The molecule has 3 heterocycles. The maximum Gasteiger partial charge on any atom is 0.194 e. The van der Waals surface area contributed by atoms with E-state index in [1.54, 1.807) is 11.3 Å². The summed E-state index contributed by atoms with van der Waals surface area (Å²) in [5, 5.41) is 6.82. The molecule has 7 heteroatoms. The number of guanidine groups is 1. The van der Waals surface area contributed by atoms with E-state index in [-0.39, 0.29) is 24.0 Å². The summed E-state index contributed by atoms with van der Waals surface area (Å²) in [6.07, 6.45) is 4.42. The van der Waals surface area contributed by atoms with Gasteiger partial charge in [-0.3, -0.25) is 0 Å². The fourth-order valence-electron chi connectivity index (χ4n) is 4.10. The molecule has 158 valence electrons. The van der Waals surface area contributed by atoms with Crippen LogP contribution in [0.4, 0.5) is 0 Å². The van der Waals surface area contributed by atoms with Crippen LogP contribution in [-0.4, -0.2) is 48.7 Å². The summed E-state index contributed by atoms with van der Waals surface area (Å²) in [6.45, 7) is 7.59. The van der Waals surface area contributed by atoms with E-state index in [0.717, 1.165) is 57.3 Å².